The second kappa shape index (κ2) is 8.55. The van der Waals surface area contributed by atoms with E-state index in [1.54, 1.807) is 4.90 Å². The van der Waals surface area contributed by atoms with E-state index in [-0.39, 0.29) is 24.7 Å². The maximum Gasteiger partial charge on any atom is 0.224 e. The minimum atomic E-state index is -0.905. The van der Waals surface area contributed by atoms with Gasteiger partial charge in [-0.3, -0.25) is 4.79 Å². The summed E-state index contributed by atoms with van der Waals surface area (Å²) in [5.41, 5.74) is 6.60. The molecule has 0 saturated carbocycles. The molecule has 1 aromatic carbocycles. The number of carbonyl (C=O) groups excluding carboxylic acids is 1. The first-order valence-electron chi connectivity index (χ1n) is 8.36. The van der Waals surface area contributed by atoms with Crippen molar-refractivity contribution in [2.45, 2.75) is 45.3 Å². The Morgan fingerprint density at radius 2 is 2.04 bits per heavy atom. The van der Waals surface area contributed by atoms with Crippen LogP contribution in [0.1, 0.15) is 30.6 Å². The molecule has 26 heavy (non-hydrogen) atoms. The van der Waals surface area contributed by atoms with Gasteiger partial charge in [-0.05, 0) is 24.1 Å². The zero-order chi connectivity index (χ0) is 18.0. The Morgan fingerprint density at radius 1 is 1.27 bits per heavy atom. The van der Waals surface area contributed by atoms with Crippen LogP contribution in [-0.4, -0.2) is 38.2 Å². The number of hydrogen-bond donors (Lipinski definition) is 1. The van der Waals surface area contributed by atoms with Gasteiger partial charge >= 0.3 is 0 Å². The minimum Gasteiger partial charge on any atom is -0.333 e. The van der Waals surface area contributed by atoms with E-state index < -0.39 is 17.7 Å². The number of rotatable bonds is 5. The van der Waals surface area contributed by atoms with Crippen LogP contribution in [0.2, 0.25) is 0 Å². The van der Waals surface area contributed by atoms with Crippen LogP contribution < -0.4 is 5.73 Å². The molecule has 0 spiro atoms. The van der Waals surface area contributed by atoms with Gasteiger partial charge in [0.1, 0.15) is 5.82 Å². The third-order valence-corrected chi connectivity index (χ3v) is 4.42. The van der Waals surface area contributed by atoms with Gasteiger partial charge in [-0.25, -0.2) is 8.78 Å². The first-order chi connectivity index (χ1) is 12.0. The van der Waals surface area contributed by atoms with E-state index in [4.69, 9.17) is 5.73 Å². The SMILES string of the molecule is CCc1nnc2n1CCN(C(=O)C[C@H](N)Cc1ccc(F)c(F)c1)C2.Cl. The Morgan fingerprint density at radius 3 is 2.73 bits per heavy atom. The predicted octanol–water partition coefficient (Wildman–Crippen LogP) is 1.84. The number of hydrogen-bond acceptors (Lipinski definition) is 4. The van der Waals surface area contributed by atoms with Crippen LogP contribution >= 0.6 is 12.4 Å². The van der Waals surface area contributed by atoms with Crippen molar-refractivity contribution < 1.29 is 13.6 Å². The molecular formula is C17H22ClF2N5O. The highest BCUT2D eigenvalue weighted by Crippen LogP contribution is 2.15. The van der Waals surface area contributed by atoms with Crippen LogP contribution in [0, 0.1) is 11.6 Å². The van der Waals surface area contributed by atoms with Gasteiger partial charge in [-0.1, -0.05) is 13.0 Å². The third-order valence-electron chi connectivity index (χ3n) is 4.42. The number of halogens is 3. The van der Waals surface area contributed by atoms with Gasteiger partial charge in [-0.2, -0.15) is 0 Å². The maximum absolute atomic E-state index is 13.2. The number of aryl methyl sites for hydroxylation is 1. The topological polar surface area (TPSA) is 77.0 Å². The maximum atomic E-state index is 13.2. The summed E-state index contributed by atoms with van der Waals surface area (Å²) in [6.07, 6.45) is 1.26. The van der Waals surface area contributed by atoms with Crippen molar-refractivity contribution >= 4 is 18.3 Å². The molecule has 0 unspecified atom stereocenters. The quantitative estimate of drug-likeness (QED) is 0.852. The summed E-state index contributed by atoms with van der Waals surface area (Å²) < 4.78 is 28.3. The molecule has 0 saturated heterocycles. The lowest BCUT2D eigenvalue weighted by molar-refractivity contribution is -0.133. The molecule has 0 fully saturated rings. The van der Waals surface area contributed by atoms with Crippen LogP contribution in [0.25, 0.3) is 0 Å². The number of nitrogens with zero attached hydrogens (tertiary/aromatic N) is 4. The number of benzene rings is 1. The molecule has 2 heterocycles. The molecule has 2 aromatic rings. The van der Waals surface area contributed by atoms with Crippen molar-refractivity contribution in [2.24, 2.45) is 5.73 Å². The number of carbonyl (C=O) groups is 1. The number of fused-ring (bicyclic) bond motifs is 1. The van der Waals surface area contributed by atoms with Crippen LogP contribution in [-0.2, 0) is 30.7 Å². The monoisotopic (exact) mass is 385 g/mol. The summed E-state index contributed by atoms with van der Waals surface area (Å²) in [6.45, 7) is 3.71. The lowest BCUT2D eigenvalue weighted by Gasteiger charge is -2.28. The molecule has 3 rings (SSSR count). The fraction of sp³-hybridized carbons (Fsp3) is 0.471. The van der Waals surface area contributed by atoms with Gasteiger partial charge in [-0.15, -0.1) is 22.6 Å². The van der Waals surface area contributed by atoms with Crippen molar-refractivity contribution in [3.8, 4) is 0 Å². The van der Waals surface area contributed by atoms with Gasteiger partial charge < -0.3 is 15.2 Å². The third kappa shape index (κ3) is 4.37. The lowest BCUT2D eigenvalue weighted by Crippen LogP contribution is -2.41. The fourth-order valence-corrected chi connectivity index (χ4v) is 3.09. The molecule has 1 aromatic heterocycles. The van der Waals surface area contributed by atoms with Gasteiger partial charge in [0.05, 0.1) is 6.54 Å². The standard InChI is InChI=1S/C17H21F2N5O.ClH/c1-2-15-21-22-16-10-23(5-6-24(15)16)17(25)9-12(20)7-11-3-4-13(18)14(19)8-11;/h3-4,8,12H,2,5-7,9-10,20H2,1H3;1H/t12-;/m1./s1. The Kier molecular flexibility index (Phi) is 6.66. The smallest absolute Gasteiger partial charge is 0.224 e. The molecule has 142 valence electrons. The largest absolute Gasteiger partial charge is 0.333 e. The molecule has 9 heteroatoms. The summed E-state index contributed by atoms with van der Waals surface area (Å²) in [4.78, 5) is 14.2. The molecule has 1 atom stereocenters. The summed E-state index contributed by atoms with van der Waals surface area (Å²) >= 11 is 0. The Hall–Kier alpha value is -2.06. The molecule has 6 nitrogen and oxygen atoms in total. The normalized spacial score (nSPS) is 14.5. The highest BCUT2D eigenvalue weighted by Gasteiger charge is 2.25. The second-order valence-electron chi connectivity index (χ2n) is 6.27. The van der Waals surface area contributed by atoms with E-state index in [0.717, 1.165) is 30.2 Å². The molecule has 1 aliphatic heterocycles. The average molecular weight is 386 g/mol. The summed E-state index contributed by atoms with van der Waals surface area (Å²) in [5, 5.41) is 8.26. The Bertz CT molecular complexity index is 783. The van der Waals surface area contributed by atoms with Crippen LogP contribution in [0.3, 0.4) is 0 Å². The average Bonchev–Trinajstić information content (AvgIpc) is 3.00. The predicted molar refractivity (Wildman–Crippen MR) is 94.7 cm³/mol. The molecule has 0 aliphatic carbocycles. The lowest BCUT2D eigenvalue weighted by atomic mass is 10.0. The molecule has 1 amide bonds. The van der Waals surface area contributed by atoms with Crippen molar-refractivity contribution in [1.29, 1.82) is 0 Å². The van der Waals surface area contributed by atoms with Crippen molar-refractivity contribution in [2.75, 3.05) is 6.54 Å². The summed E-state index contributed by atoms with van der Waals surface area (Å²) in [6, 6.07) is 3.22. The van der Waals surface area contributed by atoms with Crippen molar-refractivity contribution in [3.63, 3.8) is 0 Å². The van der Waals surface area contributed by atoms with E-state index in [9.17, 15) is 13.6 Å². The van der Waals surface area contributed by atoms with Crippen LogP contribution in [0.4, 0.5) is 8.78 Å². The zero-order valence-electron chi connectivity index (χ0n) is 14.5. The molecular weight excluding hydrogens is 364 g/mol. The first kappa shape index (κ1) is 20.3. The Labute approximate surface area is 156 Å². The summed E-state index contributed by atoms with van der Waals surface area (Å²) in [7, 11) is 0. The Balaban J connectivity index is 0.00000243. The van der Waals surface area contributed by atoms with E-state index >= 15 is 0 Å². The molecule has 1 aliphatic rings. The molecule has 2 N–H and O–H groups in total. The highest BCUT2D eigenvalue weighted by atomic mass is 35.5. The highest BCUT2D eigenvalue weighted by molar-refractivity contribution is 5.85. The molecule has 0 bridgehead atoms. The number of nitrogens with two attached hydrogens (primary N) is 1. The van der Waals surface area contributed by atoms with Crippen molar-refractivity contribution in [1.82, 2.24) is 19.7 Å². The van der Waals surface area contributed by atoms with E-state index in [1.165, 1.54) is 6.07 Å². The van der Waals surface area contributed by atoms with E-state index in [2.05, 4.69) is 10.2 Å². The van der Waals surface area contributed by atoms with E-state index in [0.29, 0.717) is 31.6 Å². The van der Waals surface area contributed by atoms with Crippen molar-refractivity contribution in [3.05, 3.63) is 47.0 Å². The van der Waals surface area contributed by atoms with Gasteiger partial charge in [0, 0.05) is 32.0 Å². The van der Waals surface area contributed by atoms with Crippen LogP contribution in [0.5, 0.6) is 0 Å². The first-order valence-corrected chi connectivity index (χ1v) is 8.36. The van der Waals surface area contributed by atoms with Gasteiger partial charge in [0.2, 0.25) is 5.91 Å². The van der Waals surface area contributed by atoms with Crippen LogP contribution in [0.15, 0.2) is 18.2 Å². The van der Waals surface area contributed by atoms with Gasteiger partial charge in [0.25, 0.3) is 0 Å². The van der Waals surface area contributed by atoms with E-state index in [1.807, 2.05) is 11.5 Å². The minimum absolute atomic E-state index is 0. The molecule has 0 radical (unpaired) electrons. The zero-order valence-corrected chi connectivity index (χ0v) is 15.3. The second-order valence-corrected chi connectivity index (χ2v) is 6.27. The summed E-state index contributed by atoms with van der Waals surface area (Å²) in [5.74, 6) is -0.152. The van der Waals surface area contributed by atoms with Gasteiger partial charge in [0.15, 0.2) is 17.5 Å². The number of amides is 1. The number of aromatic nitrogens is 3. The fourth-order valence-electron chi connectivity index (χ4n) is 3.09.